The van der Waals surface area contributed by atoms with Crippen LogP contribution in [-0.4, -0.2) is 17.2 Å². The third kappa shape index (κ3) is 2.69. The summed E-state index contributed by atoms with van der Waals surface area (Å²) >= 11 is 0. The number of aryl methyl sites for hydroxylation is 1. The van der Waals surface area contributed by atoms with Gasteiger partial charge in [-0.25, -0.2) is 0 Å². The van der Waals surface area contributed by atoms with Gasteiger partial charge in [0, 0.05) is 18.0 Å². The molecule has 0 spiro atoms. The van der Waals surface area contributed by atoms with E-state index >= 15 is 0 Å². The Morgan fingerprint density at radius 1 is 1.50 bits per heavy atom. The van der Waals surface area contributed by atoms with Crippen LogP contribution in [0, 0.1) is 6.92 Å². The third-order valence-corrected chi connectivity index (χ3v) is 2.81. The van der Waals surface area contributed by atoms with Crippen molar-refractivity contribution >= 4 is 11.9 Å². The van der Waals surface area contributed by atoms with Gasteiger partial charge in [-0.1, -0.05) is 6.07 Å². The van der Waals surface area contributed by atoms with E-state index in [0.717, 1.165) is 11.4 Å². The van der Waals surface area contributed by atoms with Crippen LogP contribution in [0.1, 0.15) is 30.7 Å². The Morgan fingerprint density at radius 3 is 2.94 bits per heavy atom. The highest BCUT2D eigenvalue weighted by atomic mass is 14.8. The Bertz CT molecular complexity index is 417. The minimum Gasteiger partial charge on any atom is -0.397 e. The van der Waals surface area contributed by atoms with E-state index in [4.69, 9.17) is 5.73 Å². The lowest BCUT2D eigenvalue weighted by Gasteiger charge is -2.20. The molecule has 1 aromatic heterocycles. The summed E-state index contributed by atoms with van der Waals surface area (Å²) in [4.78, 5) is 8.76. The van der Waals surface area contributed by atoms with Crippen molar-refractivity contribution in [2.75, 3.05) is 0 Å². The molecule has 0 saturated heterocycles. The Hall–Kier alpha value is -1.64. The average molecular weight is 215 g/mol. The molecule has 1 fully saturated rings. The molecule has 1 aliphatic carbocycles. The van der Waals surface area contributed by atoms with Gasteiger partial charge in [-0.3, -0.25) is 9.98 Å². The topological polar surface area (TPSA) is 51.3 Å². The average Bonchev–Trinajstić information content (AvgIpc) is 2.21. The minimum atomic E-state index is 0.523. The Kier molecular flexibility index (Phi) is 3.34. The van der Waals surface area contributed by atoms with Crippen LogP contribution in [-0.2, 0) is 0 Å². The number of rotatable bonds is 3. The number of pyridine rings is 1. The van der Waals surface area contributed by atoms with Crippen LogP contribution in [0.15, 0.2) is 29.3 Å². The van der Waals surface area contributed by atoms with Crippen molar-refractivity contribution < 1.29 is 0 Å². The minimum absolute atomic E-state index is 0.523. The van der Waals surface area contributed by atoms with Crippen LogP contribution in [0.25, 0.3) is 5.70 Å². The lowest BCUT2D eigenvalue weighted by molar-refractivity contribution is 0.421. The van der Waals surface area contributed by atoms with Crippen molar-refractivity contribution in [3.8, 4) is 0 Å². The molecule has 3 heteroatoms. The molecule has 0 aromatic carbocycles. The number of nitrogens with two attached hydrogens (primary N) is 1. The first-order valence-corrected chi connectivity index (χ1v) is 5.68. The van der Waals surface area contributed by atoms with Gasteiger partial charge < -0.3 is 5.73 Å². The highest BCUT2D eigenvalue weighted by molar-refractivity contribution is 5.82. The predicted molar refractivity (Wildman–Crippen MR) is 67.3 cm³/mol. The zero-order valence-electron chi connectivity index (χ0n) is 9.56. The SMILES string of the molecule is Cc1cccc(C(N)=CC=NC2CCC2)n1. The molecule has 1 aliphatic rings. The van der Waals surface area contributed by atoms with Crippen molar-refractivity contribution in [1.29, 1.82) is 0 Å². The van der Waals surface area contributed by atoms with Gasteiger partial charge >= 0.3 is 0 Å². The molecule has 0 bridgehead atoms. The van der Waals surface area contributed by atoms with E-state index in [0.29, 0.717) is 11.7 Å². The summed E-state index contributed by atoms with van der Waals surface area (Å²) in [5.41, 5.74) is 8.39. The fraction of sp³-hybridized carbons (Fsp3) is 0.385. The van der Waals surface area contributed by atoms with E-state index in [-0.39, 0.29) is 0 Å². The Morgan fingerprint density at radius 2 is 2.31 bits per heavy atom. The molecular formula is C13H17N3. The van der Waals surface area contributed by atoms with Gasteiger partial charge in [0.05, 0.1) is 11.4 Å². The number of aromatic nitrogens is 1. The molecule has 0 amide bonds. The van der Waals surface area contributed by atoms with Crippen molar-refractivity contribution in [3.63, 3.8) is 0 Å². The van der Waals surface area contributed by atoms with Crippen molar-refractivity contribution in [2.24, 2.45) is 10.7 Å². The number of aliphatic imine (C=N–C) groups is 1. The fourth-order valence-corrected chi connectivity index (χ4v) is 1.57. The molecule has 16 heavy (non-hydrogen) atoms. The number of allylic oxidation sites excluding steroid dienone is 1. The maximum absolute atomic E-state index is 5.92. The monoisotopic (exact) mass is 215 g/mol. The molecule has 1 saturated carbocycles. The van der Waals surface area contributed by atoms with Gasteiger partial charge in [0.25, 0.3) is 0 Å². The Balaban J connectivity index is 2.02. The molecule has 2 rings (SSSR count). The highest BCUT2D eigenvalue weighted by Gasteiger charge is 2.14. The third-order valence-electron chi connectivity index (χ3n) is 2.81. The molecule has 3 nitrogen and oxygen atoms in total. The summed E-state index contributed by atoms with van der Waals surface area (Å²) in [5, 5.41) is 0. The second kappa shape index (κ2) is 4.92. The second-order valence-electron chi connectivity index (χ2n) is 4.17. The van der Waals surface area contributed by atoms with Gasteiger partial charge in [0.15, 0.2) is 0 Å². The normalized spacial score (nSPS) is 17.7. The first-order valence-electron chi connectivity index (χ1n) is 5.68. The molecule has 84 valence electrons. The first-order chi connectivity index (χ1) is 7.75. The van der Waals surface area contributed by atoms with E-state index in [1.807, 2.05) is 37.4 Å². The smallest absolute Gasteiger partial charge is 0.0862 e. The van der Waals surface area contributed by atoms with Crippen molar-refractivity contribution in [2.45, 2.75) is 32.2 Å². The van der Waals surface area contributed by atoms with Gasteiger partial charge in [-0.05, 0) is 44.4 Å². The number of hydrogen-bond donors (Lipinski definition) is 1. The maximum atomic E-state index is 5.92. The summed E-state index contributed by atoms with van der Waals surface area (Å²) in [6, 6.07) is 6.35. The van der Waals surface area contributed by atoms with Crippen LogP contribution >= 0.6 is 0 Å². The van der Waals surface area contributed by atoms with E-state index in [1.165, 1.54) is 19.3 Å². The second-order valence-corrected chi connectivity index (χ2v) is 4.17. The maximum Gasteiger partial charge on any atom is 0.0862 e. The molecule has 0 aliphatic heterocycles. The summed E-state index contributed by atoms with van der Waals surface area (Å²) < 4.78 is 0. The molecule has 0 atom stereocenters. The summed E-state index contributed by atoms with van der Waals surface area (Å²) in [5.74, 6) is 0. The molecular weight excluding hydrogens is 198 g/mol. The standard InChI is InChI=1S/C13H17N3/c1-10-4-2-7-13(16-10)12(14)8-9-15-11-5-3-6-11/h2,4,7-9,11H,3,5-6,14H2,1H3. The highest BCUT2D eigenvalue weighted by Crippen LogP contribution is 2.21. The molecule has 1 aromatic rings. The zero-order chi connectivity index (χ0) is 11.4. The van der Waals surface area contributed by atoms with Crippen LogP contribution in [0.2, 0.25) is 0 Å². The van der Waals surface area contributed by atoms with E-state index in [9.17, 15) is 0 Å². The predicted octanol–water partition coefficient (Wildman–Crippen LogP) is 2.31. The number of nitrogens with zero attached hydrogens (tertiary/aromatic N) is 2. The number of hydrogen-bond acceptors (Lipinski definition) is 3. The lowest BCUT2D eigenvalue weighted by atomic mass is 9.94. The van der Waals surface area contributed by atoms with Crippen molar-refractivity contribution in [3.05, 3.63) is 35.7 Å². The van der Waals surface area contributed by atoms with Crippen LogP contribution in [0.5, 0.6) is 0 Å². The van der Waals surface area contributed by atoms with E-state index in [1.54, 1.807) is 0 Å². The first kappa shape index (κ1) is 10.9. The molecule has 1 heterocycles. The summed E-state index contributed by atoms with van der Waals surface area (Å²) in [6.45, 7) is 1.96. The van der Waals surface area contributed by atoms with Crippen LogP contribution < -0.4 is 5.73 Å². The Labute approximate surface area is 96.1 Å². The summed E-state index contributed by atoms with van der Waals surface area (Å²) in [6.07, 6.45) is 7.38. The van der Waals surface area contributed by atoms with Gasteiger partial charge in [0.2, 0.25) is 0 Å². The van der Waals surface area contributed by atoms with Crippen LogP contribution in [0.4, 0.5) is 0 Å². The van der Waals surface area contributed by atoms with Gasteiger partial charge in [-0.15, -0.1) is 0 Å². The lowest BCUT2D eigenvalue weighted by Crippen LogP contribution is -2.14. The van der Waals surface area contributed by atoms with Crippen LogP contribution in [0.3, 0.4) is 0 Å². The quantitative estimate of drug-likeness (QED) is 0.787. The zero-order valence-corrected chi connectivity index (χ0v) is 9.56. The molecule has 0 radical (unpaired) electrons. The molecule has 2 N–H and O–H groups in total. The van der Waals surface area contributed by atoms with Gasteiger partial charge in [0.1, 0.15) is 0 Å². The fourth-order valence-electron chi connectivity index (χ4n) is 1.57. The van der Waals surface area contributed by atoms with E-state index < -0.39 is 0 Å². The van der Waals surface area contributed by atoms with Gasteiger partial charge in [-0.2, -0.15) is 0 Å². The largest absolute Gasteiger partial charge is 0.397 e. The van der Waals surface area contributed by atoms with Crippen molar-refractivity contribution in [1.82, 2.24) is 4.98 Å². The molecule has 0 unspecified atom stereocenters. The van der Waals surface area contributed by atoms with E-state index in [2.05, 4.69) is 9.98 Å². The summed E-state index contributed by atoms with van der Waals surface area (Å²) in [7, 11) is 0.